The number of carboxylic acid groups (broad SMARTS) is 1. The summed E-state index contributed by atoms with van der Waals surface area (Å²) in [5, 5.41) is 17.4. The Morgan fingerprint density at radius 3 is 2.47 bits per heavy atom. The highest BCUT2D eigenvalue weighted by Crippen LogP contribution is 2.21. The first-order valence-corrected chi connectivity index (χ1v) is 5.64. The minimum Gasteiger partial charge on any atom is -0.478 e. The number of hydrogen-bond acceptors (Lipinski definition) is 4. The fourth-order valence-electron chi connectivity index (χ4n) is 1.11. The average Bonchev–Trinajstić information content (AvgIpc) is 2.14. The van der Waals surface area contributed by atoms with Gasteiger partial charge in [0, 0.05) is 12.2 Å². The third kappa shape index (κ3) is 6.41. The molecule has 7 heteroatoms. The molecule has 0 radical (unpaired) electrons. The van der Waals surface area contributed by atoms with Gasteiger partial charge in [0.15, 0.2) is 0 Å². The lowest BCUT2D eigenvalue weighted by Gasteiger charge is -2.14. The van der Waals surface area contributed by atoms with E-state index in [9.17, 15) is 9.36 Å². The van der Waals surface area contributed by atoms with Crippen LogP contribution in [0, 0.1) is 5.92 Å². The lowest BCUT2D eigenvalue weighted by molar-refractivity contribution is -0.133. The average molecular weight is 238 g/mol. The Bertz CT molecular complexity index is 252. The van der Waals surface area contributed by atoms with Crippen LogP contribution in [0.15, 0.2) is 12.2 Å². The molecule has 0 aromatic carbocycles. The summed E-state index contributed by atoms with van der Waals surface area (Å²) in [6.07, 6.45) is 0.503. The van der Waals surface area contributed by atoms with E-state index in [1.165, 1.54) is 0 Å². The molecule has 0 spiro atoms. The highest BCUT2D eigenvalue weighted by atomic mass is 31.1. The monoisotopic (exact) mass is 238 g/mol. The molecule has 6 nitrogen and oxygen atoms in total. The van der Waals surface area contributed by atoms with E-state index in [-0.39, 0.29) is 31.6 Å². The summed E-state index contributed by atoms with van der Waals surface area (Å²) in [5.74, 6) is -1.57. The molecule has 0 aromatic heterocycles. The van der Waals surface area contributed by atoms with Crippen LogP contribution < -0.4 is 0 Å². The lowest BCUT2D eigenvalue weighted by atomic mass is 9.94. The molecular weight excluding hydrogens is 223 g/mol. The van der Waals surface area contributed by atoms with Gasteiger partial charge >= 0.3 is 14.2 Å². The third-order valence-electron chi connectivity index (χ3n) is 1.94. The first-order chi connectivity index (χ1) is 6.99. The van der Waals surface area contributed by atoms with Crippen molar-refractivity contribution in [3.8, 4) is 0 Å². The van der Waals surface area contributed by atoms with E-state index in [0.717, 1.165) is 0 Å². The van der Waals surface area contributed by atoms with Crippen molar-refractivity contribution in [3.63, 3.8) is 0 Å². The predicted molar refractivity (Wildman–Crippen MR) is 53.8 cm³/mol. The Balaban J connectivity index is 4.09. The summed E-state index contributed by atoms with van der Waals surface area (Å²) >= 11 is 0. The summed E-state index contributed by atoms with van der Waals surface area (Å²) in [4.78, 5) is 19.0. The van der Waals surface area contributed by atoms with Crippen LogP contribution in [0.25, 0.3) is 0 Å². The third-order valence-corrected chi connectivity index (χ3v) is 2.39. The molecule has 0 saturated carbocycles. The number of carboxylic acids is 1. The molecule has 3 N–H and O–H groups in total. The van der Waals surface area contributed by atoms with Crippen molar-refractivity contribution in [2.75, 3.05) is 13.2 Å². The molecule has 0 saturated heterocycles. The summed E-state index contributed by atoms with van der Waals surface area (Å²) in [7, 11) is -2.98. The molecule has 88 valence electrons. The van der Waals surface area contributed by atoms with Gasteiger partial charge in [-0.3, -0.25) is 4.57 Å². The van der Waals surface area contributed by atoms with Crippen LogP contribution in [0.5, 0.6) is 0 Å². The van der Waals surface area contributed by atoms with Crippen LogP contribution in [-0.2, 0) is 13.9 Å². The van der Waals surface area contributed by atoms with Gasteiger partial charge in [-0.05, 0) is 18.8 Å². The maximum Gasteiger partial charge on any atom is 0.331 e. The molecule has 2 atom stereocenters. The second kappa shape index (κ2) is 7.59. The number of hydrogen-bond donors (Lipinski definition) is 3. The Labute approximate surface area is 88.1 Å². The van der Waals surface area contributed by atoms with Crippen molar-refractivity contribution in [1.29, 1.82) is 0 Å². The lowest BCUT2D eigenvalue weighted by Crippen LogP contribution is -2.15. The van der Waals surface area contributed by atoms with Crippen molar-refractivity contribution in [1.82, 2.24) is 0 Å². The van der Waals surface area contributed by atoms with Gasteiger partial charge in [0.2, 0.25) is 0 Å². The number of aliphatic hydroxyl groups excluding tert-OH is 1. The van der Waals surface area contributed by atoms with Crippen LogP contribution in [0.4, 0.5) is 0 Å². The highest BCUT2D eigenvalue weighted by molar-refractivity contribution is 7.32. The minimum atomic E-state index is -2.98. The fraction of sp³-hybridized carbons (Fsp3) is 0.625. The Morgan fingerprint density at radius 2 is 2.07 bits per heavy atom. The van der Waals surface area contributed by atoms with Gasteiger partial charge in [-0.15, -0.1) is 0 Å². The number of rotatable bonds is 8. The van der Waals surface area contributed by atoms with E-state index in [0.29, 0.717) is 0 Å². The minimum absolute atomic E-state index is 0.0226. The van der Waals surface area contributed by atoms with Crippen molar-refractivity contribution in [3.05, 3.63) is 12.2 Å². The van der Waals surface area contributed by atoms with Crippen LogP contribution in [0.1, 0.15) is 12.8 Å². The van der Waals surface area contributed by atoms with Gasteiger partial charge in [0.25, 0.3) is 0 Å². The molecule has 15 heavy (non-hydrogen) atoms. The van der Waals surface area contributed by atoms with E-state index in [1.54, 1.807) is 0 Å². The van der Waals surface area contributed by atoms with Crippen molar-refractivity contribution in [2.45, 2.75) is 12.8 Å². The maximum absolute atomic E-state index is 10.6. The zero-order chi connectivity index (χ0) is 11.8. The Kier molecular flexibility index (Phi) is 7.25. The van der Waals surface area contributed by atoms with Crippen LogP contribution in [-0.4, -0.2) is 34.3 Å². The molecular formula is C8H15O6P. The van der Waals surface area contributed by atoms with Crippen LogP contribution in [0.3, 0.4) is 0 Å². The van der Waals surface area contributed by atoms with E-state index in [4.69, 9.17) is 15.1 Å². The number of carbonyl (C=O) groups is 1. The standard InChI is InChI=1S/C8H15O6P/c1-6(8(10)11)7(2-4-9)3-5-14-15(12)13/h7,9,15H,1-5H2,(H,10,11)(H,12,13). The van der Waals surface area contributed by atoms with Crippen LogP contribution >= 0.6 is 8.25 Å². The summed E-state index contributed by atoms with van der Waals surface area (Å²) in [5.41, 5.74) is -0.0229. The van der Waals surface area contributed by atoms with E-state index >= 15 is 0 Å². The molecule has 0 aliphatic heterocycles. The second-order valence-electron chi connectivity index (χ2n) is 2.94. The van der Waals surface area contributed by atoms with Crippen LogP contribution in [0.2, 0.25) is 0 Å². The smallest absolute Gasteiger partial charge is 0.331 e. The Morgan fingerprint density at radius 1 is 1.47 bits per heavy atom. The van der Waals surface area contributed by atoms with Gasteiger partial charge in [-0.2, -0.15) is 0 Å². The van der Waals surface area contributed by atoms with Crippen molar-refractivity contribution < 1.29 is 29.0 Å². The molecule has 2 unspecified atom stereocenters. The van der Waals surface area contributed by atoms with E-state index in [1.807, 2.05) is 0 Å². The normalized spacial score (nSPS) is 14.5. The van der Waals surface area contributed by atoms with Crippen molar-refractivity contribution in [2.24, 2.45) is 5.92 Å². The zero-order valence-electron chi connectivity index (χ0n) is 8.18. The molecule has 0 aliphatic carbocycles. The highest BCUT2D eigenvalue weighted by Gasteiger charge is 2.17. The largest absolute Gasteiger partial charge is 0.478 e. The van der Waals surface area contributed by atoms with Gasteiger partial charge < -0.3 is 19.6 Å². The molecule has 0 fully saturated rings. The van der Waals surface area contributed by atoms with E-state index in [2.05, 4.69) is 11.1 Å². The summed E-state index contributed by atoms with van der Waals surface area (Å²) < 4.78 is 14.7. The molecule has 0 rings (SSSR count). The van der Waals surface area contributed by atoms with Gasteiger partial charge in [-0.25, -0.2) is 4.79 Å². The number of aliphatic hydroxyl groups is 1. The first kappa shape index (κ1) is 14.3. The SMILES string of the molecule is C=C(C(=O)O)C(CCO)CCO[PH](=O)O. The molecule has 0 amide bonds. The molecule has 0 aromatic rings. The summed E-state index contributed by atoms with van der Waals surface area (Å²) in [6, 6.07) is 0. The van der Waals surface area contributed by atoms with Gasteiger partial charge in [0.1, 0.15) is 0 Å². The molecule has 0 heterocycles. The van der Waals surface area contributed by atoms with Crippen molar-refractivity contribution >= 4 is 14.2 Å². The quantitative estimate of drug-likeness (QED) is 0.418. The van der Waals surface area contributed by atoms with Gasteiger partial charge in [-0.1, -0.05) is 6.58 Å². The molecule has 0 bridgehead atoms. The maximum atomic E-state index is 10.6. The van der Waals surface area contributed by atoms with E-state index < -0.39 is 20.1 Å². The zero-order valence-corrected chi connectivity index (χ0v) is 9.18. The fourth-order valence-corrected chi connectivity index (χ4v) is 1.40. The second-order valence-corrected chi connectivity index (χ2v) is 3.76. The Hall–Kier alpha value is -0.680. The summed E-state index contributed by atoms with van der Waals surface area (Å²) in [6.45, 7) is 3.19. The molecule has 0 aliphatic rings. The first-order valence-electron chi connectivity index (χ1n) is 4.37. The van der Waals surface area contributed by atoms with Gasteiger partial charge in [0.05, 0.1) is 6.61 Å². The topological polar surface area (TPSA) is 104 Å². The number of aliphatic carboxylic acids is 1. The predicted octanol–water partition coefficient (Wildman–Crippen LogP) is 0.414.